The molecule has 1 aliphatic heterocycles. The van der Waals surface area contributed by atoms with Gasteiger partial charge in [-0.15, -0.1) is 0 Å². The summed E-state index contributed by atoms with van der Waals surface area (Å²) in [5.74, 6) is -1.41. The van der Waals surface area contributed by atoms with Gasteiger partial charge in [0.1, 0.15) is 0 Å². The van der Waals surface area contributed by atoms with Crippen LogP contribution in [0.2, 0.25) is 0 Å². The van der Waals surface area contributed by atoms with Crippen LogP contribution in [-0.2, 0) is 9.59 Å². The van der Waals surface area contributed by atoms with E-state index in [1.165, 1.54) is 0 Å². The highest BCUT2D eigenvalue weighted by molar-refractivity contribution is 5.86. The van der Waals surface area contributed by atoms with Crippen molar-refractivity contribution < 1.29 is 14.7 Å². The van der Waals surface area contributed by atoms with Crippen molar-refractivity contribution in [2.75, 3.05) is 13.1 Å². The topological polar surface area (TPSA) is 95.7 Å². The molecule has 1 unspecified atom stereocenters. The van der Waals surface area contributed by atoms with Gasteiger partial charge in [0, 0.05) is 25.2 Å². The van der Waals surface area contributed by atoms with Gasteiger partial charge in [-0.3, -0.25) is 9.59 Å². The monoisotopic (exact) mass is 257 g/mol. The molecule has 4 N–H and O–H groups in total. The van der Waals surface area contributed by atoms with Crippen molar-refractivity contribution in [2.45, 2.75) is 51.2 Å². The van der Waals surface area contributed by atoms with Gasteiger partial charge in [-0.2, -0.15) is 0 Å². The van der Waals surface area contributed by atoms with Crippen LogP contribution in [0.5, 0.6) is 0 Å². The molecular formula is C12H23N3O3. The summed E-state index contributed by atoms with van der Waals surface area (Å²) in [6.07, 6.45) is 1.46. The standard InChI is InChI=1S/C12H23N3O3/c1-8(2)15-5-3-9(4-6-15)14-12(18)10(13)7-11(16)17/h8-10H,3-7,13H2,1-2H3,(H,14,18)(H,16,17). The molecule has 0 aromatic rings. The smallest absolute Gasteiger partial charge is 0.305 e. The predicted octanol–water partition coefficient (Wildman–Crippen LogP) is -0.223. The number of carboxylic acid groups (broad SMARTS) is 1. The van der Waals surface area contributed by atoms with Crippen molar-refractivity contribution >= 4 is 11.9 Å². The predicted molar refractivity (Wildman–Crippen MR) is 68.1 cm³/mol. The Kier molecular flexibility index (Phi) is 5.55. The first-order valence-corrected chi connectivity index (χ1v) is 6.42. The highest BCUT2D eigenvalue weighted by atomic mass is 16.4. The van der Waals surface area contributed by atoms with Crippen LogP contribution in [0.4, 0.5) is 0 Å². The molecule has 6 heteroatoms. The summed E-state index contributed by atoms with van der Waals surface area (Å²) in [6.45, 7) is 6.22. The summed E-state index contributed by atoms with van der Waals surface area (Å²) in [4.78, 5) is 24.5. The van der Waals surface area contributed by atoms with E-state index in [0.29, 0.717) is 6.04 Å². The Morgan fingerprint density at radius 1 is 1.39 bits per heavy atom. The van der Waals surface area contributed by atoms with Crippen LogP contribution in [0.1, 0.15) is 33.1 Å². The number of carbonyl (C=O) groups is 2. The molecule has 1 aliphatic rings. The zero-order valence-corrected chi connectivity index (χ0v) is 11.1. The van der Waals surface area contributed by atoms with E-state index in [9.17, 15) is 9.59 Å². The van der Waals surface area contributed by atoms with Crippen LogP contribution >= 0.6 is 0 Å². The number of carboxylic acids is 1. The molecule has 0 saturated carbocycles. The fourth-order valence-corrected chi connectivity index (χ4v) is 2.15. The zero-order chi connectivity index (χ0) is 13.7. The molecule has 104 valence electrons. The summed E-state index contributed by atoms with van der Waals surface area (Å²) >= 11 is 0. The molecule has 1 fully saturated rings. The number of carbonyl (C=O) groups excluding carboxylic acids is 1. The lowest BCUT2D eigenvalue weighted by Crippen LogP contribution is -2.51. The fourth-order valence-electron chi connectivity index (χ4n) is 2.15. The number of rotatable bonds is 5. The molecule has 1 rings (SSSR count). The molecule has 0 aromatic heterocycles. The number of aliphatic carboxylic acids is 1. The highest BCUT2D eigenvalue weighted by Gasteiger charge is 2.24. The highest BCUT2D eigenvalue weighted by Crippen LogP contribution is 2.13. The van der Waals surface area contributed by atoms with Gasteiger partial charge in [0.15, 0.2) is 0 Å². The van der Waals surface area contributed by atoms with E-state index in [0.717, 1.165) is 25.9 Å². The minimum absolute atomic E-state index is 0.118. The lowest BCUT2D eigenvalue weighted by Gasteiger charge is -2.35. The second-order valence-electron chi connectivity index (χ2n) is 5.12. The van der Waals surface area contributed by atoms with Crippen LogP contribution in [0.15, 0.2) is 0 Å². The third-order valence-electron chi connectivity index (χ3n) is 3.34. The minimum Gasteiger partial charge on any atom is -0.481 e. The second kappa shape index (κ2) is 6.70. The van der Waals surface area contributed by atoms with Crippen molar-refractivity contribution in [3.8, 4) is 0 Å². The van der Waals surface area contributed by atoms with Gasteiger partial charge >= 0.3 is 5.97 Å². The van der Waals surface area contributed by atoms with E-state index in [4.69, 9.17) is 10.8 Å². The molecule has 18 heavy (non-hydrogen) atoms. The Labute approximate surface area is 108 Å². The Morgan fingerprint density at radius 2 is 1.94 bits per heavy atom. The van der Waals surface area contributed by atoms with Crippen molar-refractivity contribution in [3.05, 3.63) is 0 Å². The molecule has 1 heterocycles. The number of hydrogen-bond donors (Lipinski definition) is 3. The summed E-state index contributed by atoms with van der Waals surface area (Å²) < 4.78 is 0. The first-order chi connectivity index (χ1) is 8.40. The molecule has 1 saturated heterocycles. The number of likely N-dealkylation sites (tertiary alicyclic amines) is 1. The molecule has 1 amide bonds. The van der Waals surface area contributed by atoms with E-state index in [-0.39, 0.29) is 18.4 Å². The molecule has 0 spiro atoms. The van der Waals surface area contributed by atoms with E-state index in [1.807, 2.05) is 0 Å². The first-order valence-electron chi connectivity index (χ1n) is 6.42. The molecule has 1 atom stereocenters. The number of hydrogen-bond acceptors (Lipinski definition) is 4. The average Bonchev–Trinajstić information content (AvgIpc) is 2.28. The van der Waals surface area contributed by atoms with Gasteiger partial charge in [0.25, 0.3) is 0 Å². The van der Waals surface area contributed by atoms with Crippen LogP contribution in [0.3, 0.4) is 0 Å². The third-order valence-corrected chi connectivity index (χ3v) is 3.34. The quantitative estimate of drug-likeness (QED) is 0.632. The Morgan fingerprint density at radius 3 is 2.39 bits per heavy atom. The van der Waals surface area contributed by atoms with Crippen molar-refractivity contribution in [1.29, 1.82) is 0 Å². The lowest BCUT2D eigenvalue weighted by atomic mass is 10.0. The zero-order valence-electron chi connectivity index (χ0n) is 11.1. The molecule has 0 aliphatic carbocycles. The summed E-state index contributed by atoms with van der Waals surface area (Å²) in [7, 11) is 0. The number of nitrogens with two attached hydrogens (primary N) is 1. The average molecular weight is 257 g/mol. The van der Waals surface area contributed by atoms with Crippen LogP contribution in [0.25, 0.3) is 0 Å². The van der Waals surface area contributed by atoms with E-state index >= 15 is 0 Å². The maximum atomic E-state index is 11.6. The maximum absolute atomic E-state index is 11.6. The molecular weight excluding hydrogens is 234 g/mol. The van der Waals surface area contributed by atoms with Gasteiger partial charge in [-0.05, 0) is 26.7 Å². The lowest BCUT2D eigenvalue weighted by molar-refractivity contribution is -0.139. The number of nitrogens with one attached hydrogen (secondary N) is 1. The van der Waals surface area contributed by atoms with Crippen LogP contribution in [0, 0.1) is 0 Å². The van der Waals surface area contributed by atoms with Crippen molar-refractivity contribution in [3.63, 3.8) is 0 Å². The van der Waals surface area contributed by atoms with Crippen molar-refractivity contribution in [1.82, 2.24) is 10.2 Å². The van der Waals surface area contributed by atoms with E-state index in [2.05, 4.69) is 24.1 Å². The van der Waals surface area contributed by atoms with E-state index in [1.54, 1.807) is 0 Å². The third kappa shape index (κ3) is 4.62. The molecule has 0 bridgehead atoms. The molecule has 0 aromatic carbocycles. The van der Waals surface area contributed by atoms with Crippen LogP contribution in [-0.4, -0.2) is 53.1 Å². The molecule has 6 nitrogen and oxygen atoms in total. The summed E-state index contributed by atoms with van der Waals surface area (Å²) in [5.41, 5.74) is 5.51. The summed E-state index contributed by atoms with van der Waals surface area (Å²) in [5, 5.41) is 11.4. The largest absolute Gasteiger partial charge is 0.481 e. The van der Waals surface area contributed by atoms with Gasteiger partial charge in [-0.1, -0.05) is 0 Å². The fraction of sp³-hybridized carbons (Fsp3) is 0.833. The molecule has 0 radical (unpaired) electrons. The first kappa shape index (κ1) is 14.9. The maximum Gasteiger partial charge on any atom is 0.305 e. The number of piperidine rings is 1. The van der Waals surface area contributed by atoms with Crippen LogP contribution < -0.4 is 11.1 Å². The summed E-state index contributed by atoms with van der Waals surface area (Å²) in [6, 6.07) is -0.311. The number of nitrogens with zero attached hydrogens (tertiary/aromatic N) is 1. The van der Waals surface area contributed by atoms with Gasteiger partial charge in [-0.25, -0.2) is 0 Å². The second-order valence-corrected chi connectivity index (χ2v) is 5.12. The number of amides is 1. The van der Waals surface area contributed by atoms with Gasteiger partial charge < -0.3 is 21.1 Å². The van der Waals surface area contributed by atoms with Gasteiger partial charge in [0.05, 0.1) is 12.5 Å². The Hall–Kier alpha value is -1.14. The SMILES string of the molecule is CC(C)N1CCC(NC(=O)C(N)CC(=O)O)CC1. The van der Waals surface area contributed by atoms with Crippen molar-refractivity contribution in [2.24, 2.45) is 5.73 Å². The Bertz CT molecular complexity index is 299. The minimum atomic E-state index is -1.05. The normalized spacial score (nSPS) is 19.8. The van der Waals surface area contributed by atoms with E-state index < -0.39 is 12.0 Å². The Balaban J connectivity index is 2.32. The van der Waals surface area contributed by atoms with Gasteiger partial charge in [0.2, 0.25) is 5.91 Å².